The molecule has 0 atom stereocenters. The first-order valence-electron chi connectivity index (χ1n) is 3.36. The van der Waals surface area contributed by atoms with Crippen molar-refractivity contribution in [3.8, 4) is 11.8 Å². The summed E-state index contributed by atoms with van der Waals surface area (Å²) < 4.78 is 48.9. The molecule has 1 N–H and O–H groups in total. The number of alkyl halides is 3. The molecule has 0 fully saturated rings. The van der Waals surface area contributed by atoms with Gasteiger partial charge in [0.05, 0.1) is 11.1 Å². The molecule has 0 saturated heterocycles. The zero-order chi connectivity index (χ0) is 10.9. The second kappa shape index (κ2) is 3.18. The van der Waals surface area contributed by atoms with Gasteiger partial charge in [0.2, 0.25) is 0 Å². The van der Waals surface area contributed by atoms with Gasteiger partial charge in [-0.2, -0.15) is 18.4 Å². The zero-order valence-electron chi connectivity index (χ0n) is 6.56. The largest absolute Gasteiger partial charge is 0.504 e. The molecule has 1 rings (SSSR count). The molecule has 74 valence electrons. The monoisotopic (exact) mass is 205 g/mol. The Labute approximate surface area is 76.0 Å². The molecule has 1 aromatic carbocycles. The maximum absolute atomic E-state index is 12.8. The maximum Gasteiger partial charge on any atom is 0.419 e. The molecule has 0 unspecified atom stereocenters. The number of nitriles is 1. The Hall–Kier alpha value is -1.77. The molecule has 0 radical (unpaired) electrons. The van der Waals surface area contributed by atoms with Crippen LogP contribution >= 0.6 is 0 Å². The van der Waals surface area contributed by atoms with Gasteiger partial charge in [-0.05, 0) is 12.1 Å². The first kappa shape index (κ1) is 10.3. The topological polar surface area (TPSA) is 44.0 Å². The van der Waals surface area contributed by atoms with E-state index in [1.165, 1.54) is 6.07 Å². The predicted octanol–water partition coefficient (Wildman–Crippen LogP) is 2.42. The summed E-state index contributed by atoms with van der Waals surface area (Å²) in [6, 6.07) is 2.48. The van der Waals surface area contributed by atoms with Gasteiger partial charge in [-0.1, -0.05) is 0 Å². The van der Waals surface area contributed by atoms with Crippen molar-refractivity contribution >= 4 is 0 Å². The average Bonchev–Trinajstić information content (AvgIpc) is 2.07. The van der Waals surface area contributed by atoms with Crippen LogP contribution in [0, 0.1) is 17.1 Å². The first-order valence-corrected chi connectivity index (χ1v) is 3.36. The van der Waals surface area contributed by atoms with E-state index in [4.69, 9.17) is 10.4 Å². The third kappa shape index (κ3) is 1.62. The van der Waals surface area contributed by atoms with Crippen LogP contribution in [0.3, 0.4) is 0 Å². The second-order valence-electron chi connectivity index (χ2n) is 2.43. The van der Waals surface area contributed by atoms with Crippen LogP contribution in [-0.2, 0) is 6.18 Å². The molecular formula is C8H3F4NO. The minimum atomic E-state index is -4.88. The summed E-state index contributed by atoms with van der Waals surface area (Å²) in [6.45, 7) is 0. The van der Waals surface area contributed by atoms with Crippen molar-refractivity contribution < 1.29 is 22.7 Å². The lowest BCUT2D eigenvalue weighted by molar-refractivity contribution is -0.140. The molecule has 0 saturated carbocycles. The molecule has 2 nitrogen and oxygen atoms in total. The molecule has 0 aliphatic carbocycles. The van der Waals surface area contributed by atoms with Crippen molar-refractivity contribution in [3.05, 3.63) is 29.1 Å². The van der Waals surface area contributed by atoms with Crippen LogP contribution in [0.2, 0.25) is 0 Å². The van der Waals surface area contributed by atoms with Crippen molar-refractivity contribution in [2.45, 2.75) is 6.18 Å². The van der Waals surface area contributed by atoms with Crippen molar-refractivity contribution in [2.24, 2.45) is 0 Å². The minimum Gasteiger partial charge on any atom is -0.504 e. The smallest absolute Gasteiger partial charge is 0.419 e. The van der Waals surface area contributed by atoms with Crippen molar-refractivity contribution in [1.29, 1.82) is 5.26 Å². The molecular weight excluding hydrogens is 202 g/mol. The molecule has 0 spiro atoms. The number of phenols is 1. The minimum absolute atomic E-state index is 0.410. The molecule has 1 aromatic rings. The van der Waals surface area contributed by atoms with Gasteiger partial charge < -0.3 is 5.11 Å². The van der Waals surface area contributed by atoms with Gasteiger partial charge in [0, 0.05) is 0 Å². The van der Waals surface area contributed by atoms with Crippen LogP contribution in [-0.4, -0.2) is 5.11 Å². The summed E-state index contributed by atoms with van der Waals surface area (Å²) in [5.74, 6) is -3.10. The van der Waals surface area contributed by atoms with Gasteiger partial charge in [-0.25, -0.2) is 4.39 Å². The summed E-state index contributed by atoms with van der Waals surface area (Å²) >= 11 is 0. The molecule has 0 aliphatic heterocycles. The van der Waals surface area contributed by atoms with Crippen molar-refractivity contribution in [3.63, 3.8) is 0 Å². The Morgan fingerprint density at radius 2 is 1.86 bits per heavy atom. The van der Waals surface area contributed by atoms with E-state index in [1.54, 1.807) is 0 Å². The summed E-state index contributed by atoms with van der Waals surface area (Å²) in [4.78, 5) is 0. The number of hydrogen-bond acceptors (Lipinski definition) is 2. The lowest BCUT2D eigenvalue weighted by Gasteiger charge is -2.08. The zero-order valence-corrected chi connectivity index (χ0v) is 6.56. The Morgan fingerprint density at radius 3 is 2.29 bits per heavy atom. The van der Waals surface area contributed by atoms with Crippen LogP contribution in [0.5, 0.6) is 5.75 Å². The number of rotatable bonds is 0. The van der Waals surface area contributed by atoms with E-state index >= 15 is 0 Å². The van der Waals surface area contributed by atoms with Crippen LogP contribution < -0.4 is 0 Å². The van der Waals surface area contributed by atoms with Crippen molar-refractivity contribution in [1.82, 2.24) is 0 Å². The Balaban J connectivity index is 3.41. The van der Waals surface area contributed by atoms with Gasteiger partial charge in [0.25, 0.3) is 0 Å². The van der Waals surface area contributed by atoms with E-state index < -0.39 is 28.9 Å². The number of halogens is 4. The van der Waals surface area contributed by atoms with Crippen LogP contribution in [0.1, 0.15) is 11.1 Å². The van der Waals surface area contributed by atoms with E-state index in [1.807, 2.05) is 0 Å². The molecule has 6 heteroatoms. The highest BCUT2D eigenvalue weighted by Crippen LogP contribution is 2.35. The summed E-state index contributed by atoms with van der Waals surface area (Å²) in [5.41, 5.74) is -2.12. The predicted molar refractivity (Wildman–Crippen MR) is 37.8 cm³/mol. The fourth-order valence-electron chi connectivity index (χ4n) is 0.874. The molecule has 0 bridgehead atoms. The molecule has 0 heterocycles. The highest BCUT2D eigenvalue weighted by Gasteiger charge is 2.35. The standard InChI is InChI=1S/C8H3F4NO/c9-6-5(8(10,11)12)2-1-4(3-13)7(6)14/h1-2,14H. The van der Waals surface area contributed by atoms with Crippen molar-refractivity contribution in [2.75, 3.05) is 0 Å². The van der Waals surface area contributed by atoms with E-state index in [2.05, 4.69) is 0 Å². The Morgan fingerprint density at radius 1 is 1.29 bits per heavy atom. The average molecular weight is 205 g/mol. The van der Waals surface area contributed by atoms with E-state index in [0.29, 0.717) is 12.1 Å². The Kier molecular flexibility index (Phi) is 2.34. The summed E-state index contributed by atoms with van der Waals surface area (Å²) in [6.07, 6.45) is -4.88. The van der Waals surface area contributed by atoms with E-state index in [0.717, 1.165) is 0 Å². The van der Waals surface area contributed by atoms with Crippen LogP contribution in [0.15, 0.2) is 12.1 Å². The number of nitrogens with zero attached hydrogens (tertiary/aromatic N) is 1. The van der Waals surface area contributed by atoms with Gasteiger partial charge >= 0.3 is 6.18 Å². The molecule has 14 heavy (non-hydrogen) atoms. The first-order chi connectivity index (χ1) is 6.38. The highest BCUT2D eigenvalue weighted by molar-refractivity contribution is 5.46. The van der Waals surface area contributed by atoms with E-state index in [9.17, 15) is 17.6 Å². The number of aromatic hydroxyl groups is 1. The maximum atomic E-state index is 12.8. The van der Waals surface area contributed by atoms with E-state index in [-0.39, 0.29) is 0 Å². The van der Waals surface area contributed by atoms with Gasteiger partial charge in [0.1, 0.15) is 6.07 Å². The lowest BCUT2D eigenvalue weighted by atomic mass is 10.1. The van der Waals surface area contributed by atoms with Gasteiger partial charge in [0.15, 0.2) is 11.6 Å². The normalized spacial score (nSPS) is 11.1. The number of benzene rings is 1. The summed E-state index contributed by atoms with van der Waals surface area (Å²) in [5, 5.41) is 17.1. The second-order valence-corrected chi connectivity index (χ2v) is 2.43. The number of phenolic OH excluding ortho intramolecular Hbond substituents is 1. The SMILES string of the molecule is N#Cc1ccc(C(F)(F)F)c(F)c1O. The van der Waals surface area contributed by atoms with Crippen LogP contribution in [0.4, 0.5) is 17.6 Å². The molecule has 0 aromatic heterocycles. The molecule has 0 amide bonds. The fourth-order valence-corrected chi connectivity index (χ4v) is 0.874. The molecule has 0 aliphatic rings. The Bertz CT molecular complexity index is 405. The quantitative estimate of drug-likeness (QED) is 0.661. The lowest BCUT2D eigenvalue weighted by Crippen LogP contribution is -2.08. The highest BCUT2D eigenvalue weighted by atomic mass is 19.4. The fraction of sp³-hybridized carbons (Fsp3) is 0.125. The third-order valence-electron chi connectivity index (χ3n) is 1.54. The van der Waals surface area contributed by atoms with Gasteiger partial charge in [-0.15, -0.1) is 0 Å². The van der Waals surface area contributed by atoms with Gasteiger partial charge in [-0.3, -0.25) is 0 Å². The van der Waals surface area contributed by atoms with Crippen LogP contribution in [0.25, 0.3) is 0 Å². The third-order valence-corrected chi connectivity index (χ3v) is 1.54. The summed E-state index contributed by atoms with van der Waals surface area (Å²) in [7, 11) is 0. The number of hydrogen-bond donors (Lipinski definition) is 1.